The third-order valence-electron chi connectivity index (χ3n) is 15.0. The number of carbonyl (C=O) groups excluding carboxylic acids is 1. The Bertz CT molecular complexity index is 1310. The van der Waals surface area contributed by atoms with Crippen LogP contribution >= 0.6 is 0 Å². The fourth-order valence-corrected chi connectivity index (χ4v) is 11.0. The van der Waals surface area contributed by atoms with Gasteiger partial charge in [-0.2, -0.15) is 0 Å². The zero-order valence-electron chi connectivity index (χ0n) is 39.3. The summed E-state index contributed by atoms with van der Waals surface area (Å²) in [5.41, 5.74) is -4.47. The predicted octanol–water partition coefficient (Wildman–Crippen LogP) is 4.54. The van der Waals surface area contributed by atoms with Crippen molar-refractivity contribution in [1.29, 1.82) is 0 Å². The summed E-state index contributed by atoms with van der Waals surface area (Å²) in [5.74, 6) is -2.78. The summed E-state index contributed by atoms with van der Waals surface area (Å²) >= 11 is 0. The number of aliphatic hydroxyl groups is 5. The van der Waals surface area contributed by atoms with Gasteiger partial charge in [-0.3, -0.25) is 4.79 Å². The van der Waals surface area contributed by atoms with Gasteiger partial charge in [-0.1, -0.05) is 59.8 Å². The minimum atomic E-state index is -1.82. The monoisotopic (exact) mass is 859 g/mol. The molecule has 3 heterocycles. The number of hydrogen-bond donors (Lipinski definition) is 6. The Morgan fingerprint density at radius 3 is 2.05 bits per heavy atom. The van der Waals surface area contributed by atoms with Gasteiger partial charge in [0.15, 0.2) is 12.6 Å². The van der Waals surface area contributed by atoms with Crippen molar-refractivity contribution in [3.63, 3.8) is 0 Å². The molecule has 3 aliphatic heterocycles. The summed E-state index contributed by atoms with van der Waals surface area (Å²) in [4.78, 5) is 16.4. The summed E-state index contributed by atoms with van der Waals surface area (Å²) in [6.45, 7) is 18.7. The molecule has 4 fully saturated rings. The molecule has 4 aliphatic rings. The number of nitrogens with zero attached hydrogens (tertiary/aromatic N) is 1. The molecule has 0 amide bonds. The van der Waals surface area contributed by atoms with E-state index in [-0.39, 0.29) is 43.4 Å². The number of esters is 1. The van der Waals surface area contributed by atoms with Crippen molar-refractivity contribution in [2.45, 2.75) is 230 Å². The van der Waals surface area contributed by atoms with Crippen LogP contribution in [0.2, 0.25) is 0 Å². The normalized spacial score (nSPS) is 47.5. The molecule has 2 unspecified atom stereocenters. The van der Waals surface area contributed by atoms with Gasteiger partial charge in [-0.05, 0) is 106 Å². The maximum atomic E-state index is 14.5. The molecule has 0 aromatic rings. The smallest absolute Gasteiger partial charge is 0.311 e. The largest absolute Gasteiger partial charge is 0.459 e. The molecule has 0 bridgehead atoms. The Balaban J connectivity index is 1.83. The lowest BCUT2D eigenvalue weighted by Gasteiger charge is -2.50. The van der Waals surface area contributed by atoms with Crippen molar-refractivity contribution in [1.82, 2.24) is 10.2 Å². The van der Waals surface area contributed by atoms with E-state index in [1.54, 1.807) is 27.7 Å². The van der Waals surface area contributed by atoms with Crippen LogP contribution in [-0.2, 0) is 33.2 Å². The predicted molar refractivity (Wildman–Crippen MR) is 229 cm³/mol. The summed E-state index contributed by atoms with van der Waals surface area (Å²) in [7, 11) is 5.32. The van der Waals surface area contributed by atoms with Gasteiger partial charge < -0.3 is 64.2 Å². The molecule has 14 heteroatoms. The Labute approximate surface area is 361 Å². The van der Waals surface area contributed by atoms with E-state index in [2.05, 4.69) is 5.32 Å². The fourth-order valence-electron chi connectivity index (χ4n) is 11.0. The zero-order chi connectivity index (χ0) is 44.9. The van der Waals surface area contributed by atoms with Crippen LogP contribution in [0.5, 0.6) is 0 Å². The van der Waals surface area contributed by atoms with E-state index in [1.165, 1.54) is 46.1 Å². The van der Waals surface area contributed by atoms with Crippen LogP contribution in [0.25, 0.3) is 0 Å². The third kappa shape index (κ3) is 12.2. The van der Waals surface area contributed by atoms with Gasteiger partial charge in [0.25, 0.3) is 0 Å². The molecule has 1 saturated carbocycles. The van der Waals surface area contributed by atoms with Crippen molar-refractivity contribution >= 4 is 5.97 Å². The second-order valence-corrected chi connectivity index (χ2v) is 20.4. The van der Waals surface area contributed by atoms with Crippen LogP contribution in [0.1, 0.15) is 140 Å². The highest BCUT2D eigenvalue weighted by Gasteiger charge is 2.53. The number of rotatable bonds is 10. The van der Waals surface area contributed by atoms with Gasteiger partial charge >= 0.3 is 5.97 Å². The van der Waals surface area contributed by atoms with E-state index >= 15 is 0 Å². The van der Waals surface area contributed by atoms with E-state index in [0.717, 1.165) is 19.4 Å². The van der Waals surface area contributed by atoms with Gasteiger partial charge in [0.1, 0.15) is 23.9 Å². The first kappa shape index (κ1) is 51.6. The van der Waals surface area contributed by atoms with Gasteiger partial charge in [0.05, 0.1) is 47.6 Å². The van der Waals surface area contributed by atoms with E-state index < -0.39 is 95.8 Å². The van der Waals surface area contributed by atoms with Crippen LogP contribution in [0, 0.1) is 29.6 Å². The number of methoxy groups -OCH3 is 1. The molecule has 60 heavy (non-hydrogen) atoms. The second kappa shape index (κ2) is 21.8. The lowest BCUT2D eigenvalue weighted by molar-refractivity contribution is -0.318. The average Bonchev–Trinajstić information content (AvgIpc) is 3.16. The van der Waals surface area contributed by atoms with E-state index in [4.69, 9.17) is 28.4 Å². The Morgan fingerprint density at radius 2 is 1.47 bits per heavy atom. The van der Waals surface area contributed by atoms with Crippen molar-refractivity contribution < 1.29 is 58.7 Å². The molecule has 352 valence electrons. The van der Waals surface area contributed by atoms with Crippen molar-refractivity contribution in [3.05, 3.63) is 0 Å². The first-order valence-corrected chi connectivity index (χ1v) is 23.2. The molecule has 3 saturated heterocycles. The molecule has 0 aromatic carbocycles. The number of likely N-dealkylation sites (N-methyl/N-ethyl adjacent to an activating group) is 1. The SMILES string of the molecule is CCC1OC(=O)[C@H](C)C(O[C@H]2C[C@@](C)(OC)[C@@H](O)[C@H](C)O2)[C@H](C)[C@@H](O[C@@H]2O[C@H](C)C[C@H](N(C)C)[C@H]2O)[C@](C)(O)C[C@@H](C)[C@H](NCC2CCCCCCC2)[C@H](C)[C@@H](O)[C@]1(C)O. The van der Waals surface area contributed by atoms with Crippen LogP contribution in [0.3, 0.4) is 0 Å². The maximum Gasteiger partial charge on any atom is 0.311 e. The quantitative estimate of drug-likeness (QED) is 0.168. The Kier molecular flexibility index (Phi) is 18.7. The molecule has 14 nitrogen and oxygen atoms in total. The highest BCUT2D eigenvalue weighted by atomic mass is 16.7. The number of ether oxygens (including phenoxy) is 6. The van der Waals surface area contributed by atoms with Gasteiger partial charge in [-0.15, -0.1) is 0 Å². The molecule has 1 aliphatic carbocycles. The molecule has 0 radical (unpaired) electrons. The lowest BCUT2D eigenvalue weighted by atomic mass is 9.72. The van der Waals surface area contributed by atoms with Crippen LogP contribution in [0.15, 0.2) is 0 Å². The molecule has 19 atom stereocenters. The topological polar surface area (TPSA) is 189 Å². The number of carbonyl (C=O) groups is 1. The van der Waals surface area contributed by atoms with E-state index in [1.807, 2.05) is 53.6 Å². The van der Waals surface area contributed by atoms with E-state index in [9.17, 15) is 30.3 Å². The summed E-state index contributed by atoms with van der Waals surface area (Å²) in [6.07, 6.45) is -0.0351. The Morgan fingerprint density at radius 1 is 0.850 bits per heavy atom. The highest BCUT2D eigenvalue weighted by molar-refractivity contribution is 5.73. The van der Waals surface area contributed by atoms with Crippen molar-refractivity contribution in [2.75, 3.05) is 27.7 Å². The molecule has 0 spiro atoms. The summed E-state index contributed by atoms with van der Waals surface area (Å²) in [6, 6.07) is -0.651. The zero-order valence-corrected chi connectivity index (χ0v) is 39.3. The molecule has 0 aromatic heterocycles. The van der Waals surface area contributed by atoms with Crippen LogP contribution in [-0.4, -0.2) is 154 Å². The number of aliphatic hydroxyl groups excluding tert-OH is 3. The minimum absolute atomic E-state index is 0.135. The third-order valence-corrected chi connectivity index (χ3v) is 15.0. The molecule has 4 rings (SSSR count). The highest BCUT2D eigenvalue weighted by Crippen LogP contribution is 2.41. The molecule has 6 N–H and O–H groups in total. The summed E-state index contributed by atoms with van der Waals surface area (Å²) in [5, 5.41) is 63.9. The first-order valence-electron chi connectivity index (χ1n) is 23.2. The second-order valence-electron chi connectivity index (χ2n) is 20.4. The van der Waals surface area contributed by atoms with Crippen LogP contribution in [0.4, 0.5) is 0 Å². The van der Waals surface area contributed by atoms with Gasteiger partial charge in [0.2, 0.25) is 0 Å². The first-order chi connectivity index (χ1) is 28.0. The summed E-state index contributed by atoms with van der Waals surface area (Å²) < 4.78 is 38.2. The van der Waals surface area contributed by atoms with Gasteiger partial charge in [-0.25, -0.2) is 0 Å². The number of hydrogen-bond acceptors (Lipinski definition) is 14. The van der Waals surface area contributed by atoms with Crippen molar-refractivity contribution in [2.24, 2.45) is 29.6 Å². The standard InChI is InChI=1S/C46H86N2O12/c1-14-34-46(10,54)39(50)28(4)36(47-25-32-20-18-16-15-17-19-21-32)26(2)23-44(8,53)41(60-43-37(49)33(48(11)12)22-27(3)56-43)29(5)38(30(6)42(52)58-34)59-35-24-45(9,55-13)40(51)31(7)57-35/h26-41,43,47,49-51,53-54H,14-25H2,1-13H3/t26-,27-,28+,29+,30-,31+,33+,34?,35+,36+,37-,38?,39-,40+,41-,43+,44-,45-,46-/m1/s1. The lowest BCUT2D eigenvalue weighted by Crippen LogP contribution is -2.62. The number of nitrogens with one attached hydrogen (secondary N) is 1. The fraction of sp³-hybridized carbons (Fsp3) is 0.978. The average molecular weight is 859 g/mol. The van der Waals surface area contributed by atoms with Crippen LogP contribution < -0.4 is 5.32 Å². The molecular weight excluding hydrogens is 773 g/mol. The Hall–Kier alpha value is -1.01. The number of cyclic esters (lactones) is 1. The molecular formula is C46H86N2O12. The van der Waals surface area contributed by atoms with Gasteiger partial charge in [0, 0.05) is 37.5 Å². The van der Waals surface area contributed by atoms with Crippen molar-refractivity contribution in [3.8, 4) is 0 Å². The maximum absolute atomic E-state index is 14.5. The van der Waals surface area contributed by atoms with E-state index in [0.29, 0.717) is 12.3 Å². The minimum Gasteiger partial charge on any atom is -0.459 e.